The topological polar surface area (TPSA) is 93.0 Å². The van der Waals surface area contributed by atoms with Gasteiger partial charge in [0.05, 0.1) is 24.1 Å². The molecule has 0 amide bonds. The third-order valence-electron chi connectivity index (χ3n) is 4.66. The summed E-state index contributed by atoms with van der Waals surface area (Å²) < 4.78 is 33.4. The fraction of sp³-hybridized carbons (Fsp3) is 0.333. The highest BCUT2D eigenvalue weighted by molar-refractivity contribution is 7.89. The molecule has 27 heavy (non-hydrogen) atoms. The van der Waals surface area contributed by atoms with Crippen LogP contribution < -0.4 is 4.74 Å². The molecule has 144 valence electrons. The van der Waals surface area contributed by atoms with Gasteiger partial charge in [-0.15, -0.1) is 0 Å². The van der Waals surface area contributed by atoms with E-state index < -0.39 is 14.9 Å². The number of non-ortho nitro benzene ring substituents is 1. The zero-order valence-corrected chi connectivity index (χ0v) is 15.9. The number of methoxy groups -OCH3 is 1. The zero-order chi connectivity index (χ0) is 19.6. The van der Waals surface area contributed by atoms with Gasteiger partial charge in [0, 0.05) is 25.7 Å². The van der Waals surface area contributed by atoms with Crippen molar-refractivity contribution in [1.82, 2.24) is 9.21 Å². The number of nitro benzene ring substituents is 1. The van der Waals surface area contributed by atoms with E-state index >= 15 is 0 Å². The molecule has 8 nitrogen and oxygen atoms in total. The second kappa shape index (κ2) is 7.63. The van der Waals surface area contributed by atoms with Crippen LogP contribution in [0.4, 0.5) is 5.69 Å². The summed E-state index contributed by atoms with van der Waals surface area (Å²) in [6.07, 6.45) is 0. The van der Waals surface area contributed by atoms with Crippen molar-refractivity contribution < 1.29 is 18.1 Å². The van der Waals surface area contributed by atoms with Crippen LogP contribution >= 0.6 is 0 Å². The number of ether oxygens (including phenoxy) is 1. The maximum atomic E-state index is 13.4. The Labute approximate surface area is 158 Å². The van der Waals surface area contributed by atoms with Crippen LogP contribution in [0.3, 0.4) is 0 Å². The first-order valence-electron chi connectivity index (χ1n) is 8.42. The minimum atomic E-state index is -3.91. The molecule has 0 radical (unpaired) electrons. The SMILES string of the molecule is COc1cc([N+](=O)[O-])ccc1S(=O)(=O)N1CCN(C)CC1c1ccccc1. The minimum Gasteiger partial charge on any atom is -0.495 e. The summed E-state index contributed by atoms with van der Waals surface area (Å²) in [5, 5.41) is 11.0. The molecule has 1 heterocycles. The summed E-state index contributed by atoms with van der Waals surface area (Å²) in [5.74, 6) is -0.0325. The molecular weight excluding hydrogens is 370 g/mol. The monoisotopic (exact) mass is 391 g/mol. The molecule has 1 saturated heterocycles. The standard InChI is InChI=1S/C18H21N3O5S/c1-19-10-11-20(16(13-19)14-6-4-3-5-7-14)27(24,25)18-9-8-15(21(22)23)12-17(18)26-2/h3-9,12,16H,10-11,13H2,1-2H3. The maximum Gasteiger partial charge on any atom is 0.273 e. The van der Waals surface area contributed by atoms with Crippen LogP contribution in [0.25, 0.3) is 0 Å². The van der Waals surface area contributed by atoms with Gasteiger partial charge in [-0.2, -0.15) is 4.31 Å². The molecule has 2 aromatic carbocycles. The summed E-state index contributed by atoms with van der Waals surface area (Å²) in [5.41, 5.74) is 0.678. The second-order valence-corrected chi connectivity index (χ2v) is 8.26. The first-order valence-corrected chi connectivity index (χ1v) is 9.86. The van der Waals surface area contributed by atoms with E-state index in [4.69, 9.17) is 4.74 Å². The lowest BCUT2D eigenvalue weighted by Gasteiger charge is -2.39. The van der Waals surface area contributed by atoms with E-state index in [9.17, 15) is 18.5 Å². The molecule has 1 aliphatic rings. The Balaban J connectivity index is 2.06. The van der Waals surface area contributed by atoms with Crippen molar-refractivity contribution in [2.45, 2.75) is 10.9 Å². The third-order valence-corrected chi connectivity index (χ3v) is 6.61. The van der Waals surface area contributed by atoms with Gasteiger partial charge in [0.15, 0.2) is 0 Å². The number of nitrogens with zero attached hydrogens (tertiary/aromatic N) is 3. The van der Waals surface area contributed by atoms with E-state index in [2.05, 4.69) is 4.90 Å². The molecule has 9 heteroatoms. The summed E-state index contributed by atoms with van der Waals surface area (Å²) in [4.78, 5) is 12.4. The predicted molar refractivity (Wildman–Crippen MR) is 100 cm³/mol. The molecule has 1 unspecified atom stereocenters. The highest BCUT2D eigenvalue weighted by Crippen LogP contribution is 2.35. The van der Waals surface area contributed by atoms with Crippen molar-refractivity contribution in [3.05, 3.63) is 64.2 Å². The van der Waals surface area contributed by atoms with Gasteiger partial charge in [-0.1, -0.05) is 30.3 Å². The van der Waals surface area contributed by atoms with Crippen molar-refractivity contribution in [2.24, 2.45) is 0 Å². The average molecular weight is 391 g/mol. The number of rotatable bonds is 5. The largest absolute Gasteiger partial charge is 0.495 e. The van der Waals surface area contributed by atoms with E-state index in [-0.39, 0.29) is 22.4 Å². The van der Waals surface area contributed by atoms with Crippen molar-refractivity contribution >= 4 is 15.7 Å². The summed E-state index contributed by atoms with van der Waals surface area (Å²) in [7, 11) is -0.656. The average Bonchev–Trinajstić information content (AvgIpc) is 2.67. The van der Waals surface area contributed by atoms with Crippen molar-refractivity contribution in [3.63, 3.8) is 0 Å². The van der Waals surface area contributed by atoms with Gasteiger partial charge < -0.3 is 9.64 Å². The van der Waals surface area contributed by atoms with Crippen LogP contribution in [0.1, 0.15) is 11.6 Å². The highest BCUT2D eigenvalue weighted by atomic mass is 32.2. The molecule has 1 aliphatic heterocycles. The smallest absolute Gasteiger partial charge is 0.273 e. The molecule has 0 aliphatic carbocycles. The highest BCUT2D eigenvalue weighted by Gasteiger charge is 2.37. The van der Waals surface area contributed by atoms with E-state index in [1.807, 2.05) is 37.4 Å². The molecule has 0 aromatic heterocycles. The fourth-order valence-electron chi connectivity index (χ4n) is 3.25. The quantitative estimate of drug-likeness (QED) is 0.573. The lowest BCUT2D eigenvalue weighted by Crippen LogP contribution is -2.49. The van der Waals surface area contributed by atoms with Crippen LogP contribution in [-0.2, 0) is 10.0 Å². The van der Waals surface area contributed by atoms with Gasteiger partial charge in [-0.05, 0) is 18.7 Å². The van der Waals surface area contributed by atoms with Gasteiger partial charge in [-0.25, -0.2) is 8.42 Å². The zero-order valence-electron chi connectivity index (χ0n) is 15.1. The summed E-state index contributed by atoms with van der Waals surface area (Å²) >= 11 is 0. The number of hydrogen-bond donors (Lipinski definition) is 0. The van der Waals surface area contributed by atoms with Crippen molar-refractivity contribution in [3.8, 4) is 5.75 Å². The van der Waals surface area contributed by atoms with Crippen LogP contribution in [0.15, 0.2) is 53.4 Å². The summed E-state index contributed by atoms with van der Waals surface area (Å²) in [6, 6.07) is 12.7. The minimum absolute atomic E-state index is 0.0325. The molecule has 0 N–H and O–H groups in total. The molecule has 0 bridgehead atoms. The Kier molecular flexibility index (Phi) is 5.45. The van der Waals surface area contributed by atoms with E-state index in [1.54, 1.807) is 0 Å². The van der Waals surface area contributed by atoms with Crippen LogP contribution in [0.5, 0.6) is 5.75 Å². The van der Waals surface area contributed by atoms with Crippen molar-refractivity contribution in [2.75, 3.05) is 33.8 Å². The summed E-state index contributed by atoms with van der Waals surface area (Å²) in [6.45, 7) is 1.47. The van der Waals surface area contributed by atoms with Crippen LogP contribution in [-0.4, -0.2) is 56.3 Å². The Bertz CT molecular complexity index is 933. The van der Waals surface area contributed by atoms with Crippen molar-refractivity contribution in [1.29, 1.82) is 0 Å². The first-order chi connectivity index (χ1) is 12.8. The molecule has 0 spiro atoms. The van der Waals surface area contributed by atoms with E-state index in [1.165, 1.54) is 23.5 Å². The van der Waals surface area contributed by atoms with E-state index in [0.717, 1.165) is 11.6 Å². The number of likely N-dealkylation sites (N-methyl/N-ethyl adjacent to an activating group) is 1. The number of benzene rings is 2. The molecule has 2 aromatic rings. The van der Waals surface area contributed by atoms with Crippen LogP contribution in [0.2, 0.25) is 0 Å². The molecule has 3 rings (SSSR count). The van der Waals surface area contributed by atoms with Crippen LogP contribution in [0, 0.1) is 10.1 Å². The molecule has 0 saturated carbocycles. The number of piperazine rings is 1. The Hall–Kier alpha value is -2.49. The maximum absolute atomic E-state index is 13.4. The number of nitro groups is 1. The van der Waals surface area contributed by atoms with Gasteiger partial charge >= 0.3 is 0 Å². The Morgan fingerprint density at radius 3 is 2.48 bits per heavy atom. The molecule has 1 atom stereocenters. The van der Waals surface area contributed by atoms with Gasteiger partial charge in [0.2, 0.25) is 10.0 Å². The molecular formula is C18H21N3O5S. The fourth-order valence-corrected chi connectivity index (χ4v) is 4.98. The Morgan fingerprint density at radius 1 is 1.15 bits per heavy atom. The van der Waals surface area contributed by atoms with Gasteiger partial charge in [0.1, 0.15) is 10.6 Å². The number of sulfonamides is 1. The molecule has 1 fully saturated rings. The third kappa shape index (κ3) is 3.80. The van der Waals surface area contributed by atoms with Gasteiger partial charge in [0.25, 0.3) is 5.69 Å². The Morgan fingerprint density at radius 2 is 1.85 bits per heavy atom. The number of hydrogen-bond acceptors (Lipinski definition) is 6. The van der Waals surface area contributed by atoms with E-state index in [0.29, 0.717) is 19.6 Å². The lowest BCUT2D eigenvalue weighted by molar-refractivity contribution is -0.385. The predicted octanol–water partition coefficient (Wildman–Crippen LogP) is 2.28. The van der Waals surface area contributed by atoms with Gasteiger partial charge in [-0.3, -0.25) is 10.1 Å². The first kappa shape index (κ1) is 19.3. The second-order valence-electron chi connectivity index (χ2n) is 6.40. The normalized spacial score (nSPS) is 19.0. The lowest BCUT2D eigenvalue weighted by atomic mass is 10.1.